The monoisotopic (exact) mass is 566 g/mol. The van der Waals surface area contributed by atoms with E-state index in [0.717, 1.165) is 48.5 Å². The lowest BCUT2D eigenvalue weighted by Gasteiger charge is -2.30. The van der Waals surface area contributed by atoms with Gasteiger partial charge < -0.3 is 9.97 Å². The van der Waals surface area contributed by atoms with Crippen molar-refractivity contribution >= 4 is 0 Å². The molecule has 1 aliphatic rings. The van der Waals surface area contributed by atoms with Gasteiger partial charge in [0.25, 0.3) is 0 Å². The van der Waals surface area contributed by atoms with Crippen molar-refractivity contribution in [2.45, 2.75) is 130 Å². The van der Waals surface area contributed by atoms with Gasteiger partial charge in [-0.3, -0.25) is 19.9 Å². The van der Waals surface area contributed by atoms with Gasteiger partial charge in [0, 0.05) is 69.2 Å². The summed E-state index contributed by atoms with van der Waals surface area (Å²) in [6.07, 6.45) is 11.6. The summed E-state index contributed by atoms with van der Waals surface area (Å²) in [4.78, 5) is 28.4. The average Bonchev–Trinajstić information content (AvgIpc) is 3.57. The van der Waals surface area contributed by atoms with Crippen LogP contribution in [0.25, 0.3) is 0 Å². The van der Waals surface area contributed by atoms with Crippen LogP contribution >= 0.6 is 0 Å². The molecule has 2 N–H and O–H groups in total. The van der Waals surface area contributed by atoms with Crippen LogP contribution in [0.5, 0.6) is 0 Å². The summed E-state index contributed by atoms with van der Waals surface area (Å²) < 4.78 is 0. The number of rotatable bonds is 4. The Kier molecular flexibility index (Phi) is 7.31. The first-order valence-electron chi connectivity index (χ1n) is 15.8. The molecule has 0 radical (unpaired) electrons. The highest BCUT2D eigenvalue weighted by Crippen LogP contribution is 2.44. The molecule has 1 aliphatic heterocycles. The van der Waals surface area contributed by atoms with Crippen molar-refractivity contribution in [2.75, 3.05) is 0 Å². The number of H-pyrrole nitrogens is 2. The molecule has 42 heavy (non-hydrogen) atoms. The van der Waals surface area contributed by atoms with Crippen molar-refractivity contribution in [1.82, 2.24) is 29.9 Å². The molecule has 6 heteroatoms. The van der Waals surface area contributed by atoms with E-state index < -0.39 is 0 Å². The second-order valence-corrected chi connectivity index (χ2v) is 14.2. The van der Waals surface area contributed by atoms with Crippen LogP contribution in [0.15, 0.2) is 24.8 Å². The summed E-state index contributed by atoms with van der Waals surface area (Å²) in [6.45, 7) is 27.3. The molecule has 6 nitrogen and oxygen atoms in total. The van der Waals surface area contributed by atoms with Crippen LogP contribution in [-0.2, 0) is 47.3 Å². The Balaban J connectivity index is 1.93. The predicted molar refractivity (Wildman–Crippen MR) is 172 cm³/mol. The van der Waals surface area contributed by atoms with E-state index in [-0.39, 0.29) is 21.7 Å². The Morgan fingerprint density at radius 3 is 0.833 bits per heavy atom. The number of fused-ring (bicyclic) bond motifs is 8. The number of nitrogens with one attached hydrogen (secondary N) is 2. The highest BCUT2D eigenvalue weighted by Gasteiger charge is 2.41. The van der Waals surface area contributed by atoms with Crippen LogP contribution in [0, 0.1) is 0 Å². The molecular formula is C36H50N6. The molecule has 224 valence electrons. The standard InChI is InChI=1S/C36H50N6/c1-13-21-22(14-2)30-34(7,8)26-18-38-20-28(40-26)36(11,12)32-24(16-4)23(15-3)31(42-32)35(9,10)27-19-37-17-25(39-27)33(5,6)29(21)41-30/h17-20,41-42H,13-16H2,1-12H3. The van der Waals surface area contributed by atoms with Crippen molar-refractivity contribution in [2.24, 2.45) is 0 Å². The summed E-state index contributed by atoms with van der Waals surface area (Å²) >= 11 is 0. The Morgan fingerprint density at radius 1 is 0.429 bits per heavy atom. The molecule has 0 saturated carbocycles. The van der Waals surface area contributed by atoms with Gasteiger partial charge in [-0.05, 0) is 103 Å². The van der Waals surface area contributed by atoms with E-state index >= 15 is 0 Å². The molecule has 4 aromatic rings. The van der Waals surface area contributed by atoms with Gasteiger partial charge in [-0.1, -0.05) is 27.7 Å². The van der Waals surface area contributed by atoms with Crippen molar-refractivity contribution in [3.05, 3.63) is 92.6 Å². The largest absolute Gasteiger partial charge is 0.360 e. The number of hydrogen-bond acceptors (Lipinski definition) is 4. The molecule has 0 aromatic carbocycles. The number of nitrogens with zero attached hydrogens (tertiary/aromatic N) is 4. The van der Waals surface area contributed by atoms with Crippen LogP contribution in [0.1, 0.15) is 151 Å². The molecule has 4 aromatic heterocycles. The second-order valence-electron chi connectivity index (χ2n) is 14.2. The zero-order valence-electron chi connectivity index (χ0n) is 27.9. The maximum absolute atomic E-state index is 5.41. The van der Waals surface area contributed by atoms with E-state index in [1.807, 2.05) is 24.8 Å². The van der Waals surface area contributed by atoms with E-state index in [9.17, 15) is 0 Å². The van der Waals surface area contributed by atoms with E-state index in [4.69, 9.17) is 19.9 Å². The maximum atomic E-state index is 5.41. The summed E-state index contributed by atoms with van der Waals surface area (Å²) in [5.74, 6) is 0. The lowest BCUT2D eigenvalue weighted by atomic mass is 9.78. The first-order chi connectivity index (χ1) is 19.7. The van der Waals surface area contributed by atoms with Gasteiger partial charge in [-0.2, -0.15) is 0 Å². The Labute approximate surface area is 252 Å². The van der Waals surface area contributed by atoms with E-state index in [0.29, 0.717) is 0 Å². The predicted octanol–water partition coefficient (Wildman–Crippen LogP) is 7.79. The molecule has 0 atom stereocenters. The zero-order valence-corrected chi connectivity index (χ0v) is 27.9. The van der Waals surface area contributed by atoms with Gasteiger partial charge in [0.1, 0.15) is 0 Å². The van der Waals surface area contributed by atoms with Crippen LogP contribution in [0.3, 0.4) is 0 Å². The minimum Gasteiger partial charge on any atom is -0.360 e. The molecule has 5 heterocycles. The topological polar surface area (TPSA) is 83.1 Å². The molecule has 0 aliphatic carbocycles. The van der Waals surface area contributed by atoms with Crippen LogP contribution in [0.2, 0.25) is 0 Å². The summed E-state index contributed by atoms with van der Waals surface area (Å²) in [5, 5.41) is 0. The summed E-state index contributed by atoms with van der Waals surface area (Å²) in [5.41, 5.74) is 12.8. The van der Waals surface area contributed by atoms with Gasteiger partial charge in [-0.15, -0.1) is 0 Å². The molecular weight excluding hydrogens is 516 g/mol. The molecule has 0 saturated heterocycles. The highest BCUT2D eigenvalue weighted by molar-refractivity contribution is 5.51. The fourth-order valence-corrected chi connectivity index (χ4v) is 7.30. The summed E-state index contributed by atoms with van der Waals surface area (Å²) in [6, 6.07) is 0. The lowest BCUT2D eigenvalue weighted by Crippen LogP contribution is -2.30. The third-order valence-corrected chi connectivity index (χ3v) is 10.2. The van der Waals surface area contributed by atoms with Gasteiger partial charge in [-0.25, -0.2) is 0 Å². The minimum atomic E-state index is -0.377. The van der Waals surface area contributed by atoms with Gasteiger partial charge in [0.05, 0.1) is 22.8 Å². The van der Waals surface area contributed by atoms with E-state index in [2.05, 4.69) is 93.1 Å². The summed E-state index contributed by atoms with van der Waals surface area (Å²) in [7, 11) is 0. The molecule has 0 unspecified atom stereocenters. The van der Waals surface area contributed by atoms with Crippen molar-refractivity contribution in [3.8, 4) is 0 Å². The average molecular weight is 567 g/mol. The molecule has 0 amide bonds. The van der Waals surface area contributed by atoms with Crippen LogP contribution in [-0.4, -0.2) is 29.9 Å². The third-order valence-electron chi connectivity index (χ3n) is 10.2. The van der Waals surface area contributed by atoms with Crippen molar-refractivity contribution < 1.29 is 0 Å². The van der Waals surface area contributed by atoms with Crippen LogP contribution < -0.4 is 0 Å². The number of aromatic amines is 2. The van der Waals surface area contributed by atoms with E-state index in [1.165, 1.54) is 45.0 Å². The normalized spacial score (nSPS) is 18.2. The molecule has 0 fully saturated rings. The number of aromatic nitrogens is 6. The highest BCUT2D eigenvalue weighted by atomic mass is 14.9. The third kappa shape index (κ3) is 4.27. The second kappa shape index (κ2) is 10.2. The van der Waals surface area contributed by atoms with Crippen molar-refractivity contribution in [1.29, 1.82) is 0 Å². The van der Waals surface area contributed by atoms with Gasteiger partial charge in [0.15, 0.2) is 0 Å². The smallest absolute Gasteiger partial charge is 0.0705 e. The van der Waals surface area contributed by atoms with Gasteiger partial charge >= 0.3 is 0 Å². The zero-order chi connectivity index (χ0) is 30.8. The molecule has 8 bridgehead atoms. The van der Waals surface area contributed by atoms with Gasteiger partial charge in [0.2, 0.25) is 0 Å². The van der Waals surface area contributed by atoms with E-state index in [1.54, 1.807) is 0 Å². The first kappa shape index (κ1) is 30.2. The first-order valence-corrected chi connectivity index (χ1v) is 15.8. The lowest BCUT2D eigenvalue weighted by molar-refractivity contribution is 0.525. The minimum absolute atomic E-state index is 0.377. The maximum Gasteiger partial charge on any atom is 0.0705 e. The molecule has 0 spiro atoms. The Bertz CT molecular complexity index is 1400. The number of hydrogen-bond donors (Lipinski definition) is 2. The Morgan fingerprint density at radius 2 is 0.643 bits per heavy atom. The van der Waals surface area contributed by atoms with Crippen LogP contribution in [0.4, 0.5) is 0 Å². The fraction of sp³-hybridized carbons (Fsp3) is 0.556. The quantitative estimate of drug-likeness (QED) is 0.264. The Hall–Kier alpha value is -3.28. The fourth-order valence-electron chi connectivity index (χ4n) is 7.30. The molecule has 5 rings (SSSR count). The SMILES string of the molecule is CCc1c2[nH]c(c1CC)C(C)(C)c1cncc(n1)C(C)(C)c1[nH]c(c(CC)c1CC)C(C)(C)c1cncc(n1)C2(C)C. The van der Waals surface area contributed by atoms with Crippen molar-refractivity contribution in [3.63, 3.8) is 0 Å².